The smallest absolute Gasteiger partial charge is 0.368 e. The van der Waals surface area contributed by atoms with Crippen molar-refractivity contribution >= 4 is 13.3 Å². The molecule has 0 bridgehead atoms. The average Bonchev–Trinajstić information content (AvgIpc) is 2.35. The van der Waals surface area contributed by atoms with Crippen LogP contribution in [-0.2, 0) is 9.98 Å². The van der Waals surface area contributed by atoms with Crippen LogP contribution in [0.5, 0.6) is 5.75 Å². The third kappa shape index (κ3) is 3.79. The third-order valence-corrected chi connectivity index (χ3v) is 5.60. The maximum absolute atomic E-state index is 11.8. The first kappa shape index (κ1) is 18.0. The molecule has 0 aromatic heterocycles. The van der Waals surface area contributed by atoms with Gasteiger partial charge in [0.05, 0.1) is 5.69 Å². The topological polar surface area (TPSA) is 92.8 Å². The molecular formula is C15H26NO4P. The van der Waals surface area contributed by atoms with E-state index in [0.717, 1.165) is 5.56 Å². The van der Waals surface area contributed by atoms with Crippen LogP contribution in [0.15, 0.2) is 18.2 Å². The van der Waals surface area contributed by atoms with Gasteiger partial charge in [0, 0.05) is 0 Å². The number of benzene rings is 1. The highest BCUT2D eigenvalue weighted by atomic mass is 31.2. The molecule has 1 aromatic rings. The molecule has 0 spiro atoms. The summed E-state index contributed by atoms with van der Waals surface area (Å²) >= 11 is 0. The maximum Gasteiger partial charge on any atom is 0.368 e. The van der Waals surface area contributed by atoms with E-state index in [1.165, 1.54) is 0 Å². The molecule has 6 heteroatoms. The molecule has 0 heterocycles. The summed E-state index contributed by atoms with van der Waals surface area (Å²) in [6.07, 6.45) is 0.405. The first-order valence-electron chi connectivity index (χ1n) is 7.11. The maximum atomic E-state index is 11.8. The van der Waals surface area contributed by atoms with Crippen LogP contribution < -0.4 is 10.5 Å². The Kier molecular flexibility index (Phi) is 5.14. The Hall–Kier alpha value is -1.03. The molecular weight excluding hydrogens is 289 g/mol. The molecule has 0 amide bonds. The summed E-state index contributed by atoms with van der Waals surface area (Å²) in [6, 6.07) is 5.36. The highest BCUT2D eigenvalue weighted by Crippen LogP contribution is 2.55. The summed E-state index contributed by atoms with van der Waals surface area (Å²) < 4.78 is 17.5. The molecule has 1 aromatic carbocycles. The van der Waals surface area contributed by atoms with E-state index < -0.39 is 12.9 Å². The van der Waals surface area contributed by atoms with Crippen molar-refractivity contribution in [3.8, 4) is 5.75 Å². The van der Waals surface area contributed by atoms with Gasteiger partial charge in [0.2, 0.25) is 5.34 Å². The van der Waals surface area contributed by atoms with Gasteiger partial charge < -0.3 is 20.3 Å². The molecule has 0 fully saturated rings. The third-order valence-electron chi connectivity index (χ3n) is 3.81. The summed E-state index contributed by atoms with van der Waals surface area (Å²) in [7, 11) is -4.41. The van der Waals surface area contributed by atoms with E-state index in [2.05, 4.69) is 20.8 Å². The van der Waals surface area contributed by atoms with E-state index in [0.29, 0.717) is 11.4 Å². The van der Waals surface area contributed by atoms with Gasteiger partial charge in [-0.3, -0.25) is 4.57 Å². The number of hydrogen-bond donors (Lipinski definition) is 3. The summed E-state index contributed by atoms with van der Waals surface area (Å²) in [5.74, 6) is 0.315. The zero-order valence-electron chi connectivity index (χ0n) is 13.4. The lowest BCUT2D eigenvalue weighted by Crippen LogP contribution is -2.34. The van der Waals surface area contributed by atoms with Crippen LogP contribution in [0.2, 0.25) is 0 Å². The summed E-state index contributed by atoms with van der Waals surface area (Å²) in [6.45, 7) is 9.60. The van der Waals surface area contributed by atoms with Crippen LogP contribution in [0.3, 0.4) is 0 Å². The van der Waals surface area contributed by atoms with Crippen LogP contribution in [0.4, 0.5) is 5.69 Å². The van der Waals surface area contributed by atoms with Crippen LogP contribution in [-0.4, -0.2) is 15.1 Å². The number of nitrogens with two attached hydrogens (primary N) is 1. The van der Waals surface area contributed by atoms with Gasteiger partial charge >= 0.3 is 7.60 Å². The van der Waals surface area contributed by atoms with Crippen molar-refractivity contribution in [2.24, 2.45) is 0 Å². The van der Waals surface area contributed by atoms with Crippen molar-refractivity contribution in [3.05, 3.63) is 23.8 Å². The molecule has 120 valence electrons. The number of nitrogen functional groups attached to an aromatic ring is 1. The normalized spacial score (nSPS) is 13.3. The molecule has 0 aliphatic rings. The Morgan fingerprint density at radius 1 is 1.19 bits per heavy atom. The highest BCUT2D eigenvalue weighted by molar-refractivity contribution is 7.53. The Balaban J connectivity index is 3.21. The largest absolute Gasteiger partial charge is 0.472 e. The van der Waals surface area contributed by atoms with Crippen LogP contribution >= 0.6 is 7.60 Å². The Morgan fingerprint density at radius 3 is 2.05 bits per heavy atom. The zero-order chi connectivity index (χ0) is 16.5. The van der Waals surface area contributed by atoms with Crippen molar-refractivity contribution in [2.75, 3.05) is 5.73 Å². The second kappa shape index (κ2) is 5.99. The van der Waals surface area contributed by atoms with Crippen LogP contribution in [0, 0.1) is 0 Å². The molecule has 0 unspecified atom stereocenters. The minimum absolute atomic E-state index is 0.0531. The number of hydrogen-bond acceptors (Lipinski definition) is 3. The standard InChI is InChI=1S/C15H26NO4P/c1-6-15(7-2,21(17,18)19)20-13-9-8-11(10-12(13)16)14(3,4)5/h8-10H,6-7,16H2,1-5H3,(H2,17,18,19). The fourth-order valence-corrected chi connectivity index (χ4v) is 3.22. The molecule has 5 nitrogen and oxygen atoms in total. The molecule has 0 saturated carbocycles. The Morgan fingerprint density at radius 2 is 1.71 bits per heavy atom. The summed E-state index contributed by atoms with van der Waals surface area (Å²) in [5.41, 5.74) is 7.38. The van der Waals surface area contributed by atoms with Crippen LogP contribution in [0.1, 0.15) is 53.0 Å². The summed E-state index contributed by atoms with van der Waals surface area (Å²) in [4.78, 5) is 19.2. The first-order valence-corrected chi connectivity index (χ1v) is 8.72. The number of ether oxygens (including phenoxy) is 1. The lowest BCUT2D eigenvalue weighted by Gasteiger charge is -2.33. The monoisotopic (exact) mass is 315 g/mol. The second-order valence-electron chi connectivity index (χ2n) is 6.30. The quantitative estimate of drug-likeness (QED) is 0.570. The highest BCUT2D eigenvalue weighted by Gasteiger charge is 2.46. The lowest BCUT2D eigenvalue weighted by molar-refractivity contribution is 0.109. The number of rotatable bonds is 5. The van der Waals surface area contributed by atoms with Gasteiger partial charge in [-0.1, -0.05) is 40.7 Å². The van der Waals surface area contributed by atoms with Gasteiger partial charge in [-0.15, -0.1) is 0 Å². The lowest BCUT2D eigenvalue weighted by atomic mass is 9.87. The van der Waals surface area contributed by atoms with E-state index in [1.807, 2.05) is 6.07 Å². The van der Waals surface area contributed by atoms with Gasteiger partial charge in [-0.25, -0.2) is 0 Å². The molecule has 21 heavy (non-hydrogen) atoms. The minimum atomic E-state index is -4.41. The second-order valence-corrected chi connectivity index (χ2v) is 8.21. The Bertz CT molecular complexity index is 541. The molecule has 0 saturated heterocycles. The molecule has 0 aliphatic carbocycles. The summed E-state index contributed by atoms with van der Waals surface area (Å²) in [5, 5.41) is -1.52. The fraction of sp³-hybridized carbons (Fsp3) is 0.600. The fourth-order valence-electron chi connectivity index (χ4n) is 2.18. The van der Waals surface area contributed by atoms with E-state index in [9.17, 15) is 14.4 Å². The van der Waals surface area contributed by atoms with Gasteiger partial charge in [0.1, 0.15) is 5.75 Å². The van der Waals surface area contributed by atoms with E-state index >= 15 is 0 Å². The van der Waals surface area contributed by atoms with Crippen molar-refractivity contribution in [1.82, 2.24) is 0 Å². The molecule has 0 radical (unpaired) electrons. The molecule has 0 atom stereocenters. The van der Waals surface area contributed by atoms with Gasteiger partial charge in [0.25, 0.3) is 0 Å². The Labute approximate surface area is 126 Å². The predicted octanol–water partition coefficient (Wildman–Crippen LogP) is 3.64. The van der Waals surface area contributed by atoms with Gasteiger partial charge in [-0.2, -0.15) is 0 Å². The zero-order valence-corrected chi connectivity index (χ0v) is 14.3. The minimum Gasteiger partial charge on any atom is -0.472 e. The van der Waals surface area contributed by atoms with E-state index in [1.54, 1.807) is 26.0 Å². The molecule has 0 aliphatic heterocycles. The van der Waals surface area contributed by atoms with Gasteiger partial charge in [-0.05, 0) is 36.0 Å². The van der Waals surface area contributed by atoms with E-state index in [4.69, 9.17) is 10.5 Å². The predicted molar refractivity (Wildman–Crippen MR) is 85.5 cm³/mol. The van der Waals surface area contributed by atoms with Crippen molar-refractivity contribution in [3.63, 3.8) is 0 Å². The SMILES string of the molecule is CCC(CC)(Oc1ccc(C(C)(C)C)cc1N)P(=O)(O)O. The van der Waals surface area contributed by atoms with Crippen molar-refractivity contribution in [2.45, 2.75) is 58.2 Å². The first-order chi connectivity index (χ1) is 9.47. The number of anilines is 1. The molecule has 1 rings (SSSR count). The van der Waals surface area contributed by atoms with Crippen molar-refractivity contribution < 1.29 is 19.1 Å². The van der Waals surface area contributed by atoms with E-state index in [-0.39, 0.29) is 18.3 Å². The van der Waals surface area contributed by atoms with Gasteiger partial charge in [0.15, 0.2) is 0 Å². The average molecular weight is 315 g/mol. The van der Waals surface area contributed by atoms with Crippen molar-refractivity contribution in [1.29, 1.82) is 0 Å². The van der Waals surface area contributed by atoms with Crippen LogP contribution in [0.25, 0.3) is 0 Å². The molecule has 4 N–H and O–H groups in total.